The van der Waals surface area contributed by atoms with Crippen molar-refractivity contribution < 1.29 is 39.0 Å². The van der Waals surface area contributed by atoms with E-state index in [1.807, 2.05) is 0 Å². The molecule has 0 heterocycles. The predicted octanol–water partition coefficient (Wildman–Crippen LogP) is -3.05. The number of aldehydes is 1. The Balaban J connectivity index is 3.02. The molecule has 1 rings (SSSR count). The lowest BCUT2D eigenvalue weighted by Gasteiger charge is -2.25. The van der Waals surface area contributed by atoms with Crippen LogP contribution < -0.4 is 43.8 Å². The zero-order valence-corrected chi connectivity index (χ0v) is 25.3. The van der Waals surface area contributed by atoms with Gasteiger partial charge in [-0.25, -0.2) is 0 Å². The lowest BCUT2D eigenvalue weighted by molar-refractivity contribution is -0.139. The van der Waals surface area contributed by atoms with Crippen LogP contribution in [-0.4, -0.2) is 103 Å². The molecule has 0 fully saturated rings. The average molecular weight is 636 g/mol. The Morgan fingerprint density at radius 3 is 2.04 bits per heavy atom. The molecular formula is C28H45N9O8. The maximum absolute atomic E-state index is 13.4. The summed E-state index contributed by atoms with van der Waals surface area (Å²) in [5, 5.41) is 31.2. The molecule has 17 heteroatoms. The van der Waals surface area contributed by atoms with Crippen LogP contribution in [-0.2, 0) is 35.2 Å². The van der Waals surface area contributed by atoms with E-state index in [1.165, 1.54) is 12.1 Å². The average Bonchev–Trinajstić information content (AvgIpc) is 2.99. The van der Waals surface area contributed by atoms with Gasteiger partial charge in [0.2, 0.25) is 23.6 Å². The Morgan fingerprint density at radius 1 is 0.889 bits per heavy atom. The van der Waals surface area contributed by atoms with Crippen LogP contribution in [0.25, 0.3) is 0 Å². The lowest BCUT2D eigenvalue weighted by atomic mass is 10.0. The van der Waals surface area contributed by atoms with Gasteiger partial charge in [0, 0.05) is 6.54 Å². The number of phenolic OH excluding ortho intramolecular Hbond substituents is 1. The molecule has 45 heavy (non-hydrogen) atoms. The molecule has 0 bridgehead atoms. The van der Waals surface area contributed by atoms with Gasteiger partial charge in [-0.05, 0) is 69.8 Å². The first-order chi connectivity index (χ1) is 21.4. The monoisotopic (exact) mass is 635 g/mol. The first kappa shape index (κ1) is 38.3. The zero-order chi connectivity index (χ0) is 33.8. The SMILES string of the molecule is CN[C@H](Cc1ccc(O)cc1)C(=O)N[C@@H](CCCCN)C(=O)N[C@@H](CCCN=C(N)N)C(=O)NCC(=O)N[C@H](C=O)CC(=O)O. The van der Waals surface area contributed by atoms with Gasteiger partial charge in [-0.15, -0.1) is 0 Å². The number of carbonyl (C=O) groups excluding carboxylic acids is 5. The summed E-state index contributed by atoms with van der Waals surface area (Å²) in [4.78, 5) is 77.6. The number of hydrogen-bond donors (Lipinski definition) is 10. The molecule has 0 aliphatic rings. The van der Waals surface area contributed by atoms with Crippen molar-refractivity contribution >= 4 is 41.8 Å². The van der Waals surface area contributed by atoms with Crippen molar-refractivity contribution in [3.05, 3.63) is 29.8 Å². The minimum atomic E-state index is -1.30. The van der Waals surface area contributed by atoms with Gasteiger partial charge >= 0.3 is 5.97 Å². The van der Waals surface area contributed by atoms with E-state index in [9.17, 15) is 33.9 Å². The highest BCUT2D eigenvalue weighted by atomic mass is 16.4. The van der Waals surface area contributed by atoms with Gasteiger partial charge in [-0.3, -0.25) is 29.0 Å². The van der Waals surface area contributed by atoms with E-state index in [4.69, 9.17) is 22.3 Å². The second-order valence-corrected chi connectivity index (χ2v) is 10.2. The van der Waals surface area contributed by atoms with Crippen molar-refractivity contribution in [2.24, 2.45) is 22.2 Å². The largest absolute Gasteiger partial charge is 0.508 e. The number of likely N-dealkylation sites (N-methyl/N-ethyl adjacent to an activating group) is 1. The summed E-state index contributed by atoms with van der Waals surface area (Å²) in [7, 11) is 1.60. The Kier molecular flexibility index (Phi) is 17.9. The van der Waals surface area contributed by atoms with Crippen LogP contribution in [0.4, 0.5) is 0 Å². The number of guanidine groups is 1. The molecule has 1 aromatic rings. The molecule has 0 aromatic heterocycles. The number of nitrogens with one attached hydrogen (secondary N) is 5. The number of aromatic hydroxyl groups is 1. The fourth-order valence-electron chi connectivity index (χ4n) is 4.14. The molecule has 0 aliphatic carbocycles. The number of nitrogens with zero attached hydrogens (tertiary/aromatic N) is 1. The number of unbranched alkanes of at least 4 members (excludes halogenated alkanes) is 1. The number of nitrogens with two attached hydrogens (primary N) is 3. The Labute approximate surface area is 261 Å². The fourth-order valence-corrected chi connectivity index (χ4v) is 4.14. The van der Waals surface area contributed by atoms with Gasteiger partial charge in [0.05, 0.1) is 25.0 Å². The second kappa shape index (κ2) is 21.0. The minimum Gasteiger partial charge on any atom is -0.508 e. The van der Waals surface area contributed by atoms with Gasteiger partial charge in [-0.2, -0.15) is 0 Å². The number of hydrogen-bond acceptors (Lipinski definition) is 10. The van der Waals surface area contributed by atoms with E-state index < -0.39 is 66.7 Å². The number of benzene rings is 1. The molecule has 0 aliphatic heterocycles. The van der Waals surface area contributed by atoms with E-state index in [0.29, 0.717) is 19.4 Å². The van der Waals surface area contributed by atoms with Crippen LogP contribution in [0, 0.1) is 0 Å². The van der Waals surface area contributed by atoms with Crippen molar-refractivity contribution in [1.29, 1.82) is 0 Å². The maximum atomic E-state index is 13.4. The molecule has 13 N–H and O–H groups in total. The zero-order valence-electron chi connectivity index (χ0n) is 25.3. The number of carbonyl (C=O) groups is 6. The smallest absolute Gasteiger partial charge is 0.305 e. The fraction of sp³-hybridized carbons (Fsp3) is 0.536. The van der Waals surface area contributed by atoms with E-state index in [1.54, 1.807) is 19.2 Å². The molecule has 0 radical (unpaired) electrons. The maximum Gasteiger partial charge on any atom is 0.305 e. The van der Waals surface area contributed by atoms with E-state index in [0.717, 1.165) is 5.56 Å². The van der Waals surface area contributed by atoms with Gasteiger partial charge in [0.15, 0.2) is 5.96 Å². The number of rotatable bonds is 22. The number of amides is 4. The first-order valence-corrected chi connectivity index (χ1v) is 14.5. The Hall–Kier alpha value is -4.77. The summed E-state index contributed by atoms with van der Waals surface area (Å²) in [6.45, 7) is -0.0745. The topological polar surface area (TPSA) is 293 Å². The second-order valence-electron chi connectivity index (χ2n) is 10.2. The summed E-state index contributed by atoms with van der Waals surface area (Å²) < 4.78 is 0. The number of carboxylic acid groups (broad SMARTS) is 1. The first-order valence-electron chi connectivity index (χ1n) is 14.5. The number of carboxylic acids is 1. The van der Waals surface area contributed by atoms with Crippen LogP contribution in [0.15, 0.2) is 29.3 Å². The summed E-state index contributed by atoms with van der Waals surface area (Å²) in [5.41, 5.74) is 17.1. The highest BCUT2D eigenvalue weighted by Gasteiger charge is 2.29. The quantitative estimate of drug-likeness (QED) is 0.0263. The van der Waals surface area contributed by atoms with Crippen molar-refractivity contribution in [2.75, 3.05) is 26.7 Å². The van der Waals surface area contributed by atoms with Crippen molar-refractivity contribution in [3.8, 4) is 5.75 Å². The van der Waals surface area contributed by atoms with Gasteiger partial charge in [-0.1, -0.05) is 12.1 Å². The third-order valence-corrected chi connectivity index (χ3v) is 6.53. The number of aliphatic imine (C=N–C) groups is 1. The summed E-state index contributed by atoms with van der Waals surface area (Å²) in [5.74, 6) is -4.03. The normalized spacial score (nSPS) is 13.3. The lowest BCUT2D eigenvalue weighted by Crippen LogP contribution is -2.56. The molecule has 0 saturated carbocycles. The molecular weight excluding hydrogens is 590 g/mol. The predicted molar refractivity (Wildman–Crippen MR) is 165 cm³/mol. The highest BCUT2D eigenvalue weighted by Crippen LogP contribution is 2.12. The molecule has 1 aromatic carbocycles. The van der Waals surface area contributed by atoms with Crippen LogP contribution in [0.2, 0.25) is 0 Å². The summed E-state index contributed by atoms with van der Waals surface area (Å²) in [6, 6.07) is 2.17. The Bertz CT molecular complexity index is 1160. The third kappa shape index (κ3) is 16.0. The standard InChI is InChI=1S/C28H45N9O8/c1-32-22(13-17-7-9-19(39)10-8-17)27(45)37-21(5-2-3-11-29)26(44)36-20(6-4-12-33-28(30)31)25(43)34-15-23(40)35-18(16-38)14-24(41)42/h7-10,16,18,20-22,32,39H,2-6,11-15,29H2,1H3,(H,34,43)(H,35,40)(H,36,44)(H,37,45)(H,41,42)(H4,30,31,33)/t18-,20-,21-,22+/m0/s1. The van der Waals surface area contributed by atoms with Crippen LogP contribution in [0.3, 0.4) is 0 Å². The van der Waals surface area contributed by atoms with Gasteiger partial charge in [0.25, 0.3) is 0 Å². The third-order valence-electron chi connectivity index (χ3n) is 6.53. The minimum absolute atomic E-state index is 0.0649. The number of aliphatic carboxylic acids is 1. The van der Waals surface area contributed by atoms with Crippen LogP contribution in [0.5, 0.6) is 5.75 Å². The molecule has 4 atom stereocenters. The van der Waals surface area contributed by atoms with E-state index in [2.05, 4.69) is 31.6 Å². The van der Waals surface area contributed by atoms with Crippen LogP contribution in [0.1, 0.15) is 44.1 Å². The van der Waals surface area contributed by atoms with Crippen LogP contribution >= 0.6 is 0 Å². The van der Waals surface area contributed by atoms with E-state index >= 15 is 0 Å². The van der Waals surface area contributed by atoms with E-state index in [-0.39, 0.29) is 50.2 Å². The van der Waals surface area contributed by atoms with Crippen molar-refractivity contribution in [2.45, 2.75) is 69.1 Å². The number of phenols is 1. The van der Waals surface area contributed by atoms with Gasteiger partial charge < -0.3 is 58.8 Å². The molecule has 250 valence electrons. The molecule has 4 amide bonds. The van der Waals surface area contributed by atoms with Gasteiger partial charge in [0.1, 0.15) is 24.1 Å². The van der Waals surface area contributed by atoms with Crippen molar-refractivity contribution in [3.63, 3.8) is 0 Å². The highest BCUT2D eigenvalue weighted by molar-refractivity contribution is 5.94. The molecule has 0 spiro atoms. The molecule has 0 unspecified atom stereocenters. The summed E-state index contributed by atoms with van der Waals surface area (Å²) in [6.07, 6.45) is 1.57. The molecule has 0 saturated heterocycles. The summed E-state index contributed by atoms with van der Waals surface area (Å²) >= 11 is 0. The molecule has 17 nitrogen and oxygen atoms in total. The van der Waals surface area contributed by atoms with Crippen molar-refractivity contribution in [1.82, 2.24) is 26.6 Å². The Morgan fingerprint density at radius 2 is 1.49 bits per heavy atom.